The topological polar surface area (TPSA) is 29.1 Å². The van der Waals surface area contributed by atoms with Gasteiger partial charge in [0.05, 0.1) is 0 Å². The summed E-state index contributed by atoms with van der Waals surface area (Å²) in [5.41, 5.74) is 0. The summed E-state index contributed by atoms with van der Waals surface area (Å²) in [6, 6.07) is 0.477. The van der Waals surface area contributed by atoms with Crippen molar-refractivity contribution in [2.75, 3.05) is 6.54 Å². The normalized spacial score (nSPS) is 29.5. The van der Waals surface area contributed by atoms with Gasteiger partial charge in [-0.15, -0.1) is 0 Å². The summed E-state index contributed by atoms with van der Waals surface area (Å²) in [7, 11) is 0. The van der Waals surface area contributed by atoms with Gasteiger partial charge in [-0.2, -0.15) is 0 Å². The van der Waals surface area contributed by atoms with Gasteiger partial charge in [-0.05, 0) is 38.6 Å². The Kier molecular flexibility index (Phi) is 3.79. The fourth-order valence-electron chi connectivity index (χ4n) is 2.75. The summed E-state index contributed by atoms with van der Waals surface area (Å²) in [6.45, 7) is 3.27. The van der Waals surface area contributed by atoms with E-state index >= 15 is 0 Å². The number of ketones is 1. The molecule has 1 heterocycles. The molecule has 2 heteroatoms. The van der Waals surface area contributed by atoms with Crippen LogP contribution in [0.4, 0.5) is 0 Å². The van der Waals surface area contributed by atoms with Gasteiger partial charge in [0.2, 0.25) is 0 Å². The number of hydrogen-bond donors (Lipinski definition) is 1. The van der Waals surface area contributed by atoms with Crippen LogP contribution >= 0.6 is 0 Å². The molecule has 1 saturated heterocycles. The van der Waals surface area contributed by atoms with Crippen molar-refractivity contribution >= 4 is 5.78 Å². The number of hydrogen-bond acceptors (Lipinski definition) is 2. The molecule has 2 atom stereocenters. The Morgan fingerprint density at radius 1 is 1.27 bits per heavy atom. The van der Waals surface area contributed by atoms with Crippen molar-refractivity contribution in [2.24, 2.45) is 11.8 Å². The van der Waals surface area contributed by atoms with E-state index in [0.29, 0.717) is 23.7 Å². The van der Waals surface area contributed by atoms with Crippen LogP contribution in [0.5, 0.6) is 0 Å². The van der Waals surface area contributed by atoms with E-state index in [0.717, 1.165) is 25.8 Å². The number of Topliss-reactive ketones (excluding diaryl/α,β-unsaturated/α-hetero) is 1. The molecule has 2 rings (SSSR count). The minimum Gasteiger partial charge on any atom is -0.313 e. The van der Waals surface area contributed by atoms with Gasteiger partial charge in [-0.25, -0.2) is 0 Å². The van der Waals surface area contributed by atoms with E-state index < -0.39 is 0 Å². The first kappa shape index (κ1) is 11.1. The second-order valence-electron chi connectivity index (χ2n) is 5.10. The Morgan fingerprint density at radius 3 is 2.73 bits per heavy atom. The molecule has 2 fully saturated rings. The minimum absolute atomic E-state index is 0.301. The first-order chi connectivity index (χ1) is 7.33. The molecule has 0 spiro atoms. The largest absolute Gasteiger partial charge is 0.313 e. The zero-order valence-electron chi connectivity index (χ0n) is 9.80. The summed E-state index contributed by atoms with van der Waals surface area (Å²) in [4.78, 5) is 12.1. The molecule has 15 heavy (non-hydrogen) atoms. The molecule has 1 N–H and O–H groups in total. The number of carbonyl (C=O) groups excluding carboxylic acids is 1. The van der Waals surface area contributed by atoms with E-state index in [1.165, 1.54) is 25.7 Å². The van der Waals surface area contributed by atoms with E-state index in [1.807, 2.05) is 0 Å². The summed E-state index contributed by atoms with van der Waals surface area (Å²) >= 11 is 0. The molecule has 86 valence electrons. The Bertz CT molecular complexity index is 215. The lowest BCUT2D eigenvalue weighted by molar-refractivity contribution is -0.125. The molecule has 1 saturated carbocycles. The predicted molar refractivity (Wildman–Crippen MR) is 61.8 cm³/mol. The molecule has 2 nitrogen and oxygen atoms in total. The van der Waals surface area contributed by atoms with Crippen LogP contribution in [0.15, 0.2) is 0 Å². The number of rotatable bonds is 4. The highest BCUT2D eigenvalue weighted by molar-refractivity contribution is 5.86. The van der Waals surface area contributed by atoms with Gasteiger partial charge in [-0.1, -0.05) is 19.8 Å². The van der Waals surface area contributed by atoms with Crippen molar-refractivity contribution in [1.29, 1.82) is 0 Å². The van der Waals surface area contributed by atoms with Crippen LogP contribution in [0.1, 0.15) is 51.9 Å². The summed E-state index contributed by atoms with van der Waals surface area (Å²) in [5, 5.41) is 3.58. The third-order valence-corrected chi connectivity index (χ3v) is 3.87. The lowest BCUT2D eigenvalue weighted by atomic mass is 9.87. The van der Waals surface area contributed by atoms with Crippen LogP contribution in [0.3, 0.4) is 0 Å². The first-order valence-corrected chi connectivity index (χ1v) is 6.60. The standard InChI is InChI=1S/C13H23NO/c1-2-11(13(15)10-7-8-10)12-6-4-3-5-9-14-12/h10-12,14H,2-9H2,1H3. The van der Waals surface area contributed by atoms with Gasteiger partial charge in [-0.3, -0.25) is 4.79 Å². The Balaban J connectivity index is 1.93. The highest BCUT2D eigenvalue weighted by Crippen LogP contribution is 2.35. The van der Waals surface area contributed by atoms with Crippen molar-refractivity contribution in [1.82, 2.24) is 5.32 Å². The second-order valence-corrected chi connectivity index (χ2v) is 5.10. The average Bonchev–Trinajstić information content (AvgIpc) is 3.07. The third kappa shape index (κ3) is 2.81. The van der Waals surface area contributed by atoms with Crippen molar-refractivity contribution in [3.05, 3.63) is 0 Å². The highest BCUT2D eigenvalue weighted by Gasteiger charge is 2.37. The van der Waals surface area contributed by atoms with E-state index in [2.05, 4.69) is 12.2 Å². The van der Waals surface area contributed by atoms with E-state index in [1.54, 1.807) is 0 Å². The van der Waals surface area contributed by atoms with Gasteiger partial charge in [0, 0.05) is 17.9 Å². The Morgan fingerprint density at radius 2 is 2.07 bits per heavy atom. The molecule has 2 aliphatic rings. The van der Waals surface area contributed by atoms with Crippen LogP contribution in [0, 0.1) is 11.8 Å². The maximum absolute atomic E-state index is 12.1. The molecule has 0 amide bonds. The first-order valence-electron chi connectivity index (χ1n) is 6.60. The molecule has 1 aliphatic heterocycles. The average molecular weight is 209 g/mol. The van der Waals surface area contributed by atoms with Gasteiger partial charge < -0.3 is 5.32 Å². The van der Waals surface area contributed by atoms with Crippen molar-refractivity contribution < 1.29 is 4.79 Å². The molecule has 0 bridgehead atoms. The molecule has 1 aliphatic carbocycles. The molecule has 0 aromatic carbocycles. The molecule has 0 aromatic rings. The predicted octanol–water partition coefficient (Wildman–Crippen LogP) is 2.52. The Hall–Kier alpha value is -0.370. The van der Waals surface area contributed by atoms with E-state index in [4.69, 9.17) is 0 Å². The lowest BCUT2D eigenvalue weighted by Gasteiger charge is -2.24. The van der Waals surface area contributed by atoms with Crippen molar-refractivity contribution in [2.45, 2.75) is 57.9 Å². The zero-order valence-corrected chi connectivity index (χ0v) is 9.80. The van der Waals surface area contributed by atoms with Crippen molar-refractivity contribution in [3.8, 4) is 0 Å². The van der Waals surface area contributed by atoms with Crippen LogP contribution in [0.2, 0.25) is 0 Å². The molecule has 0 radical (unpaired) electrons. The number of nitrogens with one attached hydrogen (secondary N) is 1. The van der Waals surface area contributed by atoms with Gasteiger partial charge in [0.15, 0.2) is 0 Å². The van der Waals surface area contributed by atoms with Gasteiger partial charge >= 0.3 is 0 Å². The fourth-order valence-corrected chi connectivity index (χ4v) is 2.75. The fraction of sp³-hybridized carbons (Fsp3) is 0.923. The smallest absolute Gasteiger partial charge is 0.140 e. The lowest BCUT2D eigenvalue weighted by Crippen LogP contribution is -2.40. The molecular weight excluding hydrogens is 186 g/mol. The summed E-state index contributed by atoms with van der Waals surface area (Å²) < 4.78 is 0. The van der Waals surface area contributed by atoms with E-state index in [9.17, 15) is 4.79 Å². The number of carbonyl (C=O) groups is 1. The summed E-state index contributed by atoms with van der Waals surface area (Å²) in [5.74, 6) is 1.28. The monoisotopic (exact) mass is 209 g/mol. The zero-order chi connectivity index (χ0) is 10.7. The third-order valence-electron chi connectivity index (χ3n) is 3.87. The maximum Gasteiger partial charge on any atom is 0.140 e. The molecule has 0 aromatic heterocycles. The van der Waals surface area contributed by atoms with Gasteiger partial charge in [0.1, 0.15) is 5.78 Å². The Labute approximate surface area is 92.8 Å². The van der Waals surface area contributed by atoms with Crippen LogP contribution in [0.25, 0.3) is 0 Å². The summed E-state index contributed by atoms with van der Waals surface area (Å²) in [6.07, 6.45) is 8.45. The van der Waals surface area contributed by atoms with Crippen LogP contribution < -0.4 is 5.32 Å². The van der Waals surface area contributed by atoms with E-state index in [-0.39, 0.29) is 0 Å². The maximum atomic E-state index is 12.1. The molecular formula is C13H23NO. The molecule has 2 unspecified atom stereocenters. The highest BCUT2D eigenvalue weighted by atomic mass is 16.1. The SMILES string of the molecule is CCC(C(=O)C1CC1)C1CCCCCN1. The quantitative estimate of drug-likeness (QED) is 0.771. The van der Waals surface area contributed by atoms with Gasteiger partial charge in [0.25, 0.3) is 0 Å². The van der Waals surface area contributed by atoms with Crippen LogP contribution in [-0.2, 0) is 4.79 Å². The second kappa shape index (κ2) is 5.11. The van der Waals surface area contributed by atoms with Crippen molar-refractivity contribution in [3.63, 3.8) is 0 Å². The minimum atomic E-state index is 0.301. The van der Waals surface area contributed by atoms with Crippen LogP contribution in [-0.4, -0.2) is 18.4 Å².